The molecular weight excluding hydrogens is 437 g/mol. The Morgan fingerprint density at radius 1 is 1.24 bits per heavy atom. The van der Waals surface area contributed by atoms with Gasteiger partial charge in [0.15, 0.2) is 10.9 Å². The summed E-state index contributed by atoms with van der Waals surface area (Å²) in [6, 6.07) is 9.31. The number of ether oxygens (including phenoxy) is 1. The Morgan fingerprint density at radius 3 is 2.38 bits per heavy atom. The molecule has 0 bridgehead atoms. The fourth-order valence-corrected chi connectivity index (χ4v) is 4.11. The van der Waals surface area contributed by atoms with Crippen LogP contribution in [0.2, 0.25) is 10.0 Å². The molecule has 0 N–H and O–H groups in total. The number of aliphatic imine (C=N–C) groups is 1. The van der Waals surface area contributed by atoms with Crippen LogP contribution in [0.25, 0.3) is 6.08 Å². The van der Waals surface area contributed by atoms with Gasteiger partial charge in [-0.05, 0) is 53.2 Å². The molecule has 3 rings (SSSR count). The summed E-state index contributed by atoms with van der Waals surface area (Å²) >= 11 is 13.9. The fourth-order valence-electron chi connectivity index (χ4n) is 2.57. The van der Waals surface area contributed by atoms with Crippen LogP contribution in [-0.2, 0) is 11.4 Å². The van der Waals surface area contributed by atoms with E-state index in [1.807, 2.05) is 0 Å². The molecular formula is C19H15Cl2N3O4S. The number of nitrogens with zero attached hydrogens (tertiary/aromatic N) is 3. The van der Waals surface area contributed by atoms with Crippen molar-refractivity contribution in [2.45, 2.75) is 6.61 Å². The van der Waals surface area contributed by atoms with Crippen molar-refractivity contribution in [3.05, 3.63) is 72.6 Å². The summed E-state index contributed by atoms with van der Waals surface area (Å²) in [5, 5.41) is 11.9. The van der Waals surface area contributed by atoms with Gasteiger partial charge in [-0.15, -0.1) is 0 Å². The van der Waals surface area contributed by atoms with Gasteiger partial charge >= 0.3 is 0 Å². The van der Waals surface area contributed by atoms with Gasteiger partial charge in [0.2, 0.25) is 0 Å². The van der Waals surface area contributed by atoms with Crippen LogP contribution in [0.4, 0.5) is 5.69 Å². The molecule has 1 amide bonds. The Kier molecular flexibility index (Phi) is 6.46. The first kappa shape index (κ1) is 21.2. The number of amides is 1. The molecule has 2 aromatic carbocycles. The molecule has 29 heavy (non-hydrogen) atoms. The maximum Gasteiger partial charge on any atom is 0.269 e. The molecule has 10 heteroatoms. The maximum absolute atomic E-state index is 12.3. The zero-order valence-electron chi connectivity index (χ0n) is 15.4. The Balaban J connectivity index is 1.77. The summed E-state index contributed by atoms with van der Waals surface area (Å²) in [7, 11) is 3.29. The van der Waals surface area contributed by atoms with E-state index in [4.69, 9.17) is 27.9 Å². The van der Waals surface area contributed by atoms with Gasteiger partial charge in [-0.25, -0.2) is 0 Å². The molecule has 0 spiro atoms. The average molecular weight is 452 g/mol. The van der Waals surface area contributed by atoms with Crippen molar-refractivity contribution in [1.29, 1.82) is 0 Å². The van der Waals surface area contributed by atoms with E-state index in [-0.39, 0.29) is 18.2 Å². The molecule has 0 saturated carbocycles. The molecule has 1 fully saturated rings. The molecule has 0 atom stereocenters. The molecule has 0 radical (unpaired) electrons. The van der Waals surface area contributed by atoms with Crippen LogP contribution in [0.1, 0.15) is 11.1 Å². The zero-order chi connectivity index (χ0) is 21.1. The van der Waals surface area contributed by atoms with Crippen molar-refractivity contribution in [2.75, 3.05) is 14.1 Å². The molecule has 2 aromatic rings. The number of likely N-dealkylation sites (N-methyl/N-ethyl adjacent to an activating group) is 1. The van der Waals surface area contributed by atoms with Gasteiger partial charge in [-0.1, -0.05) is 23.2 Å². The zero-order valence-corrected chi connectivity index (χ0v) is 17.7. The van der Waals surface area contributed by atoms with Gasteiger partial charge in [-0.3, -0.25) is 24.8 Å². The summed E-state index contributed by atoms with van der Waals surface area (Å²) in [6.07, 6.45) is 1.69. The molecule has 1 saturated heterocycles. The summed E-state index contributed by atoms with van der Waals surface area (Å²) < 4.78 is 5.70. The molecule has 0 aliphatic carbocycles. The third-order valence-electron chi connectivity index (χ3n) is 4.04. The highest BCUT2D eigenvalue weighted by Crippen LogP contribution is 2.37. The van der Waals surface area contributed by atoms with Crippen LogP contribution in [0.5, 0.6) is 5.75 Å². The largest absolute Gasteiger partial charge is 0.486 e. The third-order valence-corrected chi connectivity index (χ3v) is 5.76. The monoisotopic (exact) mass is 451 g/mol. The number of non-ortho nitro benzene ring substituents is 1. The van der Waals surface area contributed by atoms with Crippen LogP contribution in [0.15, 0.2) is 46.3 Å². The maximum atomic E-state index is 12.3. The third kappa shape index (κ3) is 4.72. The van der Waals surface area contributed by atoms with E-state index in [1.54, 1.807) is 44.4 Å². The number of amidine groups is 1. The number of rotatable bonds is 5. The van der Waals surface area contributed by atoms with Crippen molar-refractivity contribution in [2.24, 2.45) is 4.99 Å². The smallest absolute Gasteiger partial charge is 0.269 e. The minimum Gasteiger partial charge on any atom is -0.486 e. The number of thioether (sulfide) groups is 1. The van der Waals surface area contributed by atoms with E-state index in [9.17, 15) is 14.9 Å². The fraction of sp³-hybridized carbons (Fsp3) is 0.158. The van der Waals surface area contributed by atoms with Crippen LogP contribution >= 0.6 is 35.0 Å². The highest BCUT2D eigenvalue weighted by atomic mass is 35.5. The lowest BCUT2D eigenvalue weighted by molar-refractivity contribution is -0.384. The molecule has 0 unspecified atom stereocenters. The van der Waals surface area contributed by atoms with E-state index < -0.39 is 4.92 Å². The summed E-state index contributed by atoms with van der Waals surface area (Å²) in [4.78, 5) is 28.6. The van der Waals surface area contributed by atoms with Crippen LogP contribution in [0.3, 0.4) is 0 Å². The lowest BCUT2D eigenvalue weighted by Gasteiger charge is -2.11. The van der Waals surface area contributed by atoms with E-state index >= 15 is 0 Å². The van der Waals surface area contributed by atoms with Crippen molar-refractivity contribution < 1.29 is 14.5 Å². The predicted octanol–water partition coefficient (Wildman–Crippen LogP) is 5.01. The van der Waals surface area contributed by atoms with Crippen molar-refractivity contribution in [3.63, 3.8) is 0 Å². The lowest BCUT2D eigenvalue weighted by Crippen LogP contribution is -2.23. The minimum absolute atomic E-state index is 0.00320. The number of nitro groups is 1. The van der Waals surface area contributed by atoms with Gasteiger partial charge < -0.3 is 4.74 Å². The normalized spacial score (nSPS) is 16.7. The molecule has 150 valence electrons. The first-order valence-electron chi connectivity index (χ1n) is 8.29. The first-order chi connectivity index (χ1) is 13.8. The van der Waals surface area contributed by atoms with Gasteiger partial charge in [0, 0.05) is 26.2 Å². The van der Waals surface area contributed by atoms with E-state index in [2.05, 4.69) is 4.99 Å². The SMILES string of the molecule is CN=C1S/C(=C\c2cc(Cl)c(OCc3ccc([N+](=O)[O-])cc3)c(Cl)c2)C(=O)N1C. The van der Waals surface area contributed by atoms with E-state index in [0.717, 1.165) is 5.56 Å². The number of hydrogen-bond acceptors (Lipinski definition) is 6. The topological polar surface area (TPSA) is 85.0 Å². The summed E-state index contributed by atoms with van der Waals surface area (Å²) in [5.41, 5.74) is 1.39. The number of hydrogen-bond donors (Lipinski definition) is 0. The average Bonchev–Trinajstić information content (AvgIpc) is 2.95. The molecule has 0 aromatic heterocycles. The van der Waals surface area contributed by atoms with Gasteiger partial charge in [0.25, 0.3) is 11.6 Å². The Labute approximate surface area is 181 Å². The second-order valence-electron chi connectivity index (χ2n) is 6.01. The Bertz CT molecular complexity index is 1020. The van der Waals surface area contributed by atoms with Gasteiger partial charge in [0.1, 0.15) is 6.61 Å². The highest BCUT2D eigenvalue weighted by Gasteiger charge is 2.29. The lowest BCUT2D eigenvalue weighted by atomic mass is 10.2. The van der Waals surface area contributed by atoms with Crippen molar-refractivity contribution in [3.8, 4) is 5.75 Å². The second-order valence-corrected chi connectivity index (χ2v) is 7.83. The van der Waals surface area contributed by atoms with Crippen LogP contribution < -0.4 is 4.74 Å². The molecule has 1 aliphatic heterocycles. The molecule has 7 nitrogen and oxygen atoms in total. The Morgan fingerprint density at radius 2 is 1.86 bits per heavy atom. The summed E-state index contributed by atoms with van der Waals surface area (Å²) in [5.74, 6) is 0.147. The quantitative estimate of drug-likeness (QED) is 0.362. The Hall–Kier alpha value is -2.55. The number of nitro benzene ring substituents is 1. The first-order valence-corrected chi connectivity index (χ1v) is 9.87. The standard InChI is InChI=1S/C19H15Cl2N3O4S/c1-22-19-23(2)18(25)16(29-19)9-12-7-14(20)17(15(21)8-12)28-10-11-3-5-13(6-4-11)24(26)27/h3-9H,10H2,1-2H3/b16-9-,22-19?. The highest BCUT2D eigenvalue weighted by molar-refractivity contribution is 8.18. The second kappa shape index (κ2) is 8.86. The van der Waals surface area contributed by atoms with Crippen LogP contribution in [0, 0.1) is 10.1 Å². The number of halogens is 2. The van der Waals surface area contributed by atoms with Crippen molar-refractivity contribution in [1.82, 2.24) is 4.90 Å². The molecule has 1 heterocycles. The molecule has 1 aliphatic rings. The predicted molar refractivity (Wildman–Crippen MR) is 116 cm³/mol. The number of carbonyl (C=O) groups is 1. The summed E-state index contributed by atoms with van der Waals surface area (Å²) in [6.45, 7) is 0.146. The van der Waals surface area contributed by atoms with Crippen molar-refractivity contribution >= 4 is 57.8 Å². The number of benzene rings is 2. The van der Waals surface area contributed by atoms with Crippen LogP contribution in [-0.4, -0.2) is 35.0 Å². The van der Waals surface area contributed by atoms with Gasteiger partial charge in [-0.2, -0.15) is 0 Å². The minimum atomic E-state index is -0.466. The van der Waals surface area contributed by atoms with Gasteiger partial charge in [0.05, 0.1) is 19.9 Å². The number of carbonyl (C=O) groups excluding carboxylic acids is 1. The van der Waals surface area contributed by atoms with E-state index in [0.29, 0.717) is 31.4 Å². The van der Waals surface area contributed by atoms with E-state index in [1.165, 1.54) is 28.8 Å².